The van der Waals surface area contributed by atoms with Crippen LogP contribution in [0.2, 0.25) is 0 Å². The van der Waals surface area contributed by atoms with E-state index >= 15 is 0 Å². The lowest BCUT2D eigenvalue weighted by molar-refractivity contribution is -0.141. The van der Waals surface area contributed by atoms with E-state index in [1.54, 1.807) is 0 Å². The number of hydrogen-bond donors (Lipinski definition) is 0. The number of Topliss-reactive ketones (excluding diaryl/α,β-unsaturated/α-hetero) is 1. The fourth-order valence-corrected chi connectivity index (χ4v) is 1.00. The van der Waals surface area contributed by atoms with Gasteiger partial charge in [0.25, 0.3) is 0 Å². The molecule has 1 rings (SSSR count). The molecule has 0 aliphatic heterocycles. The van der Waals surface area contributed by atoms with Crippen LogP contribution in [0.1, 0.15) is 12.5 Å². The highest BCUT2D eigenvalue weighted by Crippen LogP contribution is 2.29. The van der Waals surface area contributed by atoms with Crippen LogP contribution in [0.5, 0.6) is 5.75 Å². The average Bonchev–Trinajstić information content (AvgIpc) is 2.17. The summed E-state index contributed by atoms with van der Waals surface area (Å²) in [7, 11) is 1.44. The van der Waals surface area contributed by atoms with E-state index in [0.717, 1.165) is 6.92 Å². The molecule has 0 saturated carbocycles. The molecule has 0 aromatic heterocycles. The van der Waals surface area contributed by atoms with E-state index in [-0.39, 0.29) is 5.56 Å². The van der Waals surface area contributed by atoms with Gasteiger partial charge in [-0.3, -0.25) is 4.79 Å². The molecule has 0 aliphatic rings. The summed E-state index contributed by atoms with van der Waals surface area (Å²) in [6.07, 6.45) is 0. The molecule has 0 N–H and O–H groups in total. The second kappa shape index (κ2) is 3.74. The van der Waals surface area contributed by atoms with Crippen molar-refractivity contribution in [1.29, 1.82) is 0 Å². The average molecular weight is 200 g/mol. The third-order valence-corrected chi connectivity index (χ3v) is 1.89. The predicted octanol–water partition coefficient (Wildman–Crippen LogP) is 2.38. The number of ketones is 1. The van der Waals surface area contributed by atoms with Crippen LogP contribution in [-0.4, -0.2) is 12.9 Å². The Balaban J connectivity index is 3.02. The van der Waals surface area contributed by atoms with Crippen LogP contribution < -0.4 is 4.74 Å². The molecule has 0 bridgehead atoms. The summed E-state index contributed by atoms with van der Waals surface area (Å²) < 4.78 is 31.1. The summed E-state index contributed by atoms with van der Waals surface area (Å²) in [5.74, 6) is -4.09. The number of halogens is 2. The van der Waals surface area contributed by atoms with E-state index < -0.39 is 11.7 Å². The van der Waals surface area contributed by atoms with Crippen molar-refractivity contribution in [1.82, 2.24) is 0 Å². The molecule has 2 nitrogen and oxygen atoms in total. The van der Waals surface area contributed by atoms with Crippen LogP contribution in [0, 0.1) is 0 Å². The first-order valence-corrected chi connectivity index (χ1v) is 4.02. The molecule has 0 radical (unpaired) electrons. The van der Waals surface area contributed by atoms with Crippen LogP contribution in [0.3, 0.4) is 0 Å². The van der Waals surface area contributed by atoms with Gasteiger partial charge in [0.15, 0.2) is 0 Å². The maximum atomic E-state index is 13.1. The topological polar surface area (TPSA) is 26.3 Å². The SMILES string of the molecule is COc1ccc(C(F)(F)C(C)=O)cc1. The Morgan fingerprint density at radius 1 is 1.29 bits per heavy atom. The molecule has 0 amide bonds. The first kappa shape index (κ1) is 10.6. The van der Waals surface area contributed by atoms with Gasteiger partial charge in [0.05, 0.1) is 7.11 Å². The third-order valence-electron chi connectivity index (χ3n) is 1.89. The minimum absolute atomic E-state index is 0.314. The fraction of sp³-hybridized carbons (Fsp3) is 0.300. The Bertz CT molecular complexity index is 330. The van der Waals surface area contributed by atoms with Gasteiger partial charge in [0, 0.05) is 12.5 Å². The number of ether oxygens (including phenoxy) is 1. The van der Waals surface area contributed by atoms with Gasteiger partial charge < -0.3 is 4.74 Å². The maximum absolute atomic E-state index is 13.1. The number of methoxy groups -OCH3 is 1. The lowest BCUT2D eigenvalue weighted by Gasteiger charge is -2.12. The van der Waals surface area contributed by atoms with E-state index in [1.807, 2.05) is 0 Å². The summed E-state index contributed by atoms with van der Waals surface area (Å²) in [4.78, 5) is 10.6. The molecule has 1 aromatic carbocycles. The van der Waals surface area contributed by atoms with Gasteiger partial charge >= 0.3 is 5.92 Å². The summed E-state index contributed by atoms with van der Waals surface area (Å²) in [6, 6.07) is 5.15. The standard InChI is InChI=1S/C10H10F2O2/c1-7(13)10(11,12)8-3-5-9(14-2)6-4-8/h3-6H,1-2H3. The molecule has 0 spiro atoms. The van der Waals surface area contributed by atoms with Gasteiger partial charge in [-0.1, -0.05) is 0 Å². The number of carbonyl (C=O) groups excluding carboxylic acids is 1. The van der Waals surface area contributed by atoms with E-state index in [9.17, 15) is 13.6 Å². The van der Waals surface area contributed by atoms with Crippen LogP contribution in [0.4, 0.5) is 8.78 Å². The van der Waals surface area contributed by atoms with Gasteiger partial charge in [-0.2, -0.15) is 8.78 Å². The van der Waals surface area contributed by atoms with Crippen molar-refractivity contribution in [3.63, 3.8) is 0 Å². The molecule has 4 heteroatoms. The minimum Gasteiger partial charge on any atom is -0.497 e. The molecule has 14 heavy (non-hydrogen) atoms. The van der Waals surface area contributed by atoms with Gasteiger partial charge in [0.2, 0.25) is 5.78 Å². The molecule has 0 fully saturated rings. The number of rotatable bonds is 3. The smallest absolute Gasteiger partial charge is 0.330 e. The second-order valence-electron chi connectivity index (χ2n) is 2.86. The lowest BCUT2D eigenvalue weighted by atomic mass is 10.1. The Morgan fingerprint density at radius 2 is 1.79 bits per heavy atom. The van der Waals surface area contributed by atoms with Gasteiger partial charge in [0.1, 0.15) is 5.75 Å². The Morgan fingerprint density at radius 3 is 2.14 bits per heavy atom. The van der Waals surface area contributed by atoms with Gasteiger partial charge in [-0.05, 0) is 24.3 Å². The summed E-state index contributed by atoms with van der Waals surface area (Å²) in [5, 5.41) is 0. The first-order valence-electron chi connectivity index (χ1n) is 4.02. The van der Waals surface area contributed by atoms with E-state index in [0.29, 0.717) is 5.75 Å². The van der Waals surface area contributed by atoms with Crippen molar-refractivity contribution >= 4 is 5.78 Å². The maximum Gasteiger partial charge on any atom is 0.330 e. The fourth-order valence-electron chi connectivity index (χ4n) is 1.00. The monoisotopic (exact) mass is 200 g/mol. The molecule has 1 aromatic rings. The molecule has 76 valence electrons. The lowest BCUT2D eigenvalue weighted by Crippen LogP contribution is -2.22. The van der Waals surface area contributed by atoms with Crippen molar-refractivity contribution in [3.05, 3.63) is 29.8 Å². The van der Waals surface area contributed by atoms with Crippen LogP contribution in [0.15, 0.2) is 24.3 Å². The predicted molar refractivity (Wildman–Crippen MR) is 47.6 cm³/mol. The minimum atomic E-state index is -3.41. The molecule has 0 heterocycles. The third kappa shape index (κ3) is 1.89. The summed E-state index contributed by atoms with van der Waals surface area (Å²) in [5.41, 5.74) is -0.314. The largest absolute Gasteiger partial charge is 0.497 e. The Kier molecular flexibility index (Phi) is 2.84. The molecule has 0 aliphatic carbocycles. The molecular weight excluding hydrogens is 190 g/mol. The Labute approximate surface area is 80.5 Å². The highest BCUT2D eigenvalue weighted by Gasteiger charge is 2.37. The van der Waals surface area contributed by atoms with Crippen LogP contribution in [-0.2, 0) is 10.7 Å². The summed E-state index contributed by atoms with van der Waals surface area (Å²) >= 11 is 0. The zero-order valence-corrected chi connectivity index (χ0v) is 7.88. The van der Waals surface area contributed by atoms with E-state index in [1.165, 1.54) is 31.4 Å². The molecule has 0 unspecified atom stereocenters. The normalized spacial score (nSPS) is 11.1. The molecular formula is C10H10F2O2. The number of carbonyl (C=O) groups is 1. The second-order valence-corrected chi connectivity index (χ2v) is 2.86. The highest BCUT2D eigenvalue weighted by molar-refractivity contribution is 5.84. The highest BCUT2D eigenvalue weighted by atomic mass is 19.3. The first-order chi connectivity index (χ1) is 6.48. The van der Waals surface area contributed by atoms with E-state index in [4.69, 9.17) is 4.74 Å². The van der Waals surface area contributed by atoms with Crippen molar-refractivity contribution in [2.45, 2.75) is 12.8 Å². The number of benzene rings is 1. The van der Waals surface area contributed by atoms with Crippen molar-refractivity contribution in [3.8, 4) is 5.75 Å². The zero-order chi connectivity index (χ0) is 10.8. The summed E-state index contributed by atoms with van der Waals surface area (Å²) in [6.45, 7) is 0.865. The molecule has 0 saturated heterocycles. The van der Waals surface area contributed by atoms with Crippen LogP contribution >= 0.6 is 0 Å². The number of alkyl halides is 2. The Hall–Kier alpha value is -1.45. The zero-order valence-electron chi connectivity index (χ0n) is 7.88. The van der Waals surface area contributed by atoms with Gasteiger partial charge in [-0.25, -0.2) is 0 Å². The van der Waals surface area contributed by atoms with Gasteiger partial charge in [-0.15, -0.1) is 0 Å². The van der Waals surface area contributed by atoms with Crippen molar-refractivity contribution < 1.29 is 18.3 Å². The van der Waals surface area contributed by atoms with Crippen LogP contribution in [0.25, 0.3) is 0 Å². The van der Waals surface area contributed by atoms with Crippen molar-refractivity contribution in [2.75, 3.05) is 7.11 Å². The van der Waals surface area contributed by atoms with Crippen molar-refractivity contribution in [2.24, 2.45) is 0 Å². The number of hydrogen-bond acceptors (Lipinski definition) is 2. The van der Waals surface area contributed by atoms with E-state index in [2.05, 4.69) is 0 Å². The molecule has 0 atom stereocenters. The quantitative estimate of drug-likeness (QED) is 0.748.